The van der Waals surface area contributed by atoms with Crippen molar-refractivity contribution >= 4 is 34.9 Å². The van der Waals surface area contributed by atoms with Crippen LogP contribution in [0.2, 0.25) is 0 Å². The molecule has 3 aromatic rings. The molecule has 2 amide bonds. The number of carbonyl (C=O) groups is 3. The third-order valence-corrected chi connectivity index (χ3v) is 4.74. The van der Waals surface area contributed by atoms with E-state index in [1.165, 1.54) is 10.8 Å². The molecule has 0 bridgehead atoms. The first-order valence-corrected chi connectivity index (χ1v) is 12.0. The van der Waals surface area contributed by atoms with Crippen LogP contribution in [0.4, 0.5) is 20.2 Å². The molecule has 198 valence electrons. The normalized spacial score (nSPS) is 12.2. The highest BCUT2D eigenvalue weighted by Gasteiger charge is 2.34. The van der Waals surface area contributed by atoms with Crippen LogP contribution < -0.4 is 4.90 Å². The van der Waals surface area contributed by atoms with Crippen molar-refractivity contribution in [2.45, 2.75) is 79.1 Å². The van der Waals surface area contributed by atoms with Gasteiger partial charge in [0.25, 0.3) is 0 Å². The maximum absolute atomic E-state index is 13.1. The molecule has 0 saturated heterocycles. The van der Waals surface area contributed by atoms with E-state index >= 15 is 0 Å². The Morgan fingerprint density at radius 3 is 1.89 bits per heavy atom. The van der Waals surface area contributed by atoms with Gasteiger partial charge in [-0.15, -0.1) is 0 Å². The van der Waals surface area contributed by atoms with Gasteiger partial charge in [0.2, 0.25) is 0 Å². The van der Waals surface area contributed by atoms with Crippen LogP contribution in [0.5, 0.6) is 0 Å². The largest absolute Gasteiger partial charge is 0.443 e. The van der Waals surface area contributed by atoms with Crippen molar-refractivity contribution in [2.24, 2.45) is 0 Å². The molecule has 37 heavy (non-hydrogen) atoms. The molecule has 9 nitrogen and oxygen atoms in total. The minimum Gasteiger partial charge on any atom is -0.443 e. The van der Waals surface area contributed by atoms with Crippen molar-refractivity contribution < 1.29 is 28.6 Å². The Hall–Kier alpha value is -3.88. The van der Waals surface area contributed by atoms with Gasteiger partial charge in [-0.25, -0.2) is 19.4 Å². The van der Waals surface area contributed by atoms with E-state index in [2.05, 4.69) is 4.98 Å². The van der Waals surface area contributed by atoms with E-state index in [1.807, 2.05) is 6.07 Å². The number of ether oxygens (including phenoxy) is 3. The summed E-state index contributed by atoms with van der Waals surface area (Å²) in [5, 5.41) is 1.22. The molecule has 1 aromatic carbocycles. The summed E-state index contributed by atoms with van der Waals surface area (Å²) in [6.45, 7) is 15.7. The Balaban J connectivity index is 2.08. The van der Waals surface area contributed by atoms with Gasteiger partial charge < -0.3 is 14.2 Å². The Labute approximate surface area is 217 Å². The van der Waals surface area contributed by atoms with Gasteiger partial charge in [0, 0.05) is 17.8 Å². The highest BCUT2D eigenvalue weighted by molar-refractivity contribution is 6.14. The van der Waals surface area contributed by atoms with Gasteiger partial charge in [-0.05, 0) is 104 Å². The number of rotatable bonds is 2. The summed E-state index contributed by atoms with van der Waals surface area (Å²) in [4.78, 5) is 44.1. The Morgan fingerprint density at radius 2 is 1.35 bits per heavy atom. The van der Waals surface area contributed by atoms with Crippen molar-refractivity contribution in [3.8, 4) is 11.3 Å². The second-order valence-corrected chi connectivity index (χ2v) is 11.6. The summed E-state index contributed by atoms with van der Waals surface area (Å²) < 4.78 is 17.9. The Kier molecular flexibility index (Phi) is 7.40. The number of nitrogens with zero attached hydrogens (tertiary/aromatic N) is 3. The lowest BCUT2D eigenvalue weighted by Crippen LogP contribution is -2.44. The number of anilines is 1. The number of imide groups is 1. The number of pyridine rings is 1. The monoisotopic (exact) mass is 509 g/mol. The fraction of sp³-hybridized carbons (Fsp3) is 0.429. The number of hydrogen-bond acceptors (Lipinski definition) is 7. The first-order valence-electron chi connectivity index (χ1n) is 12.0. The number of benzene rings is 1. The Morgan fingerprint density at radius 1 is 0.784 bits per heavy atom. The van der Waals surface area contributed by atoms with Gasteiger partial charge in [-0.2, -0.15) is 4.90 Å². The maximum atomic E-state index is 13.1. The highest BCUT2D eigenvalue weighted by atomic mass is 16.6. The van der Waals surface area contributed by atoms with E-state index in [-0.39, 0.29) is 5.82 Å². The van der Waals surface area contributed by atoms with Crippen LogP contribution in [0, 0.1) is 0 Å². The minimum atomic E-state index is -0.898. The lowest BCUT2D eigenvalue weighted by molar-refractivity contribution is 0.0427. The SMILES string of the molecule is CC(C)(C)OC(=O)N(C(=O)OC(C)(C)C)c1nccc2cc(-c3cccn3C(=O)OC(C)(C)C)ccc12. The summed E-state index contributed by atoms with van der Waals surface area (Å²) >= 11 is 0. The maximum Gasteiger partial charge on any atom is 0.425 e. The molecule has 0 N–H and O–H groups in total. The molecule has 0 unspecified atom stereocenters. The number of hydrogen-bond donors (Lipinski definition) is 0. The molecule has 2 heterocycles. The van der Waals surface area contributed by atoms with Crippen LogP contribution in [0.15, 0.2) is 48.8 Å². The van der Waals surface area contributed by atoms with Crippen molar-refractivity contribution in [3.05, 3.63) is 48.8 Å². The topological polar surface area (TPSA) is 100.0 Å². The first kappa shape index (κ1) is 27.7. The summed E-state index contributed by atoms with van der Waals surface area (Å²) in [6, 6.07) is 10.7. The molecule has 0 fully saturated rings. The lowest BCUT2D eigenvalue weighted by Gasteiger charge is -2.28. The Bertz CT molecular complexity index is 1290. The second-order valence-electron chi connectivity index (χ2n) is 11.6. The van der Waals surface area contributed by atoms with Crippen molar-refractivity contribution in [3.63, 3.8) is 0 Å². The van der Waals surface area contributed by atoms with Crippen LogP contribution in [-0.4, -0.2) is 44.6 Å². The van der Waals surface area contributed by atoms with Crippen LogP contribution >= 0.6 is 0 Å². The predicted octanol–water partition coefficient (Wildman–Crippen LogP) is 7.16. The van der Waals surface area contributed by atoms with Gasteiger partial charge >= 0.3 is 18.3 Å². The van der Waals surface area contributed by atoms with E-state index in [0.29, 0.717) is 16.5 Å². The molecule has 3 rings (SSSR count). The molecular formula is C28H35N3O6. The second kappa shape index (κ2) is 9.88. The zero-order chi connectivity index (χ0) is 27.8. The number of carbonyl (C=O) groups excluding carboxylic acids is 3. The zero-order valence-electron chi connectivity index (χ0n) is 22.9. The van der Waals surface area contributed by atoms with E-state index in [0.717, 1.165) is 10.5 Å². The fourth-order valence-corrected chi connectivity index (χ4v) is 3.45. The van der Waals surface area contributed by atoms with Gasteiger partial charge in [0.05, 0.1) is 5.69 Å². The number of aromatic nitrogens is 2. The predicted molar refractivity (Wildman–Crippen MR) is 142 cm³/mol. The minimum absolute atomic E-state index is 0.0788. The van der Waals surface area contributed by atoms with E-state index < -0.39 is 35.1 Å². The summed E-state index contributed by atoms with van der Waals surface area (Å²) in [6.07, 6.45) is 0.840. The molecule has 0 spiro atoms. The van der Waals surface area contributed by atoms with Crippen LogP contribution in [0.1, 0.15) is 62.3 Å². The third kappa shape index (κ3) is 7.09. The number of amides is 2. The highest BCUT2D eigenvalue weighted by Crippen LogP contribution is 2.31. The van der Waals surface area contributed by atoms with Crippen molar-refractivity contribution in [1.82, 2.24) is 9.55 Å². The van der Waals surface area contributed by atoms with Crippen LogP contribution in [-0.2, 0) is 14.2 Å². The third-order valence-electron chi connectivity index (χ3n) is 4.74. The first-order chi connectivity index (χ1) is 17.0. The van der Waals surface area contributed by atoms with E-state index in [9.17, 15) is 14.4 Å². The van der Waals surface area contributed by atoms with E-state index in [1.54, 1.807) is 98.8 Å². The molecule has 0 radical (unpaired) electrons. The molecule has 2 aromatic heterocycles. The van der Waals surface area contributed by atoms with Crippen molar-refractivity contribution in [1.29, 1.82) is 0 Å². The average Bonchev–Trinajstić information content (AvgIpc) is 3.20. The molecule has 0 saturated carbocycles. The average molecular weight is 510 g/mol. The van der Waals surface area contributed by atoms with Gasteiger partial charge in [0.1, 0.15) is 16.8 Å². The zero-order valence-corrected chi connectivity index (χ0v) is 22.9. The lowest BCUT2D eigenvalue weighted by atomic mass is 10.1. The molecule has 0 aliphatic heterocycles. The molecular weight excluding hydrogens is 474 g/mol. The van der Waals surface area contributed by atoms with Crippen LogP contribution in [0.3, 0.4) is 0 Å². The van der Waals surface area contributed by atoms with Gasteiger partial charge in [-0.3, -0.25) is 4.57 Å². The molecule has 9 heteroatoms. The van der Waals surface area contributed by atoms with Gasteiger partial charge in [-0.1, -0.05) is 6.07 Å². The van der Waals surface area contributed by atoms with Crippen molar-refractivity contribution in [2.75, 3.05) is 4.90 Å². The quantitative estimate of drug-likeness (QED) is 0.338. The fourth-order valence-electron chi connectivity index (χ4n) is 3.45. The smallest absolute Gasteiger partial charge is 0.425 e. The molecule has 0 aliphatic carbocycles. The van der Waals surface area contributed by atoms with Crippen LogP contribution in [0.25, 0.3) is 22.0 Å². The summed E-state index contributed by atoms with van der Waals surface area (Å²) in [7, 11) is 0. The van der Waals surface area contributed by atoms with Gasteiger partial charge in [0.15, 0.2) is 5.82 Å². The molecule has 0 atom stereocenters. The standard InChI is InChI=1S/C28H35N3O6/c1-26(2,3)35-23(32)30-16-10-11-21(30)19-12-13-20-18(17-19)14-15-29-22(20)31(24(33)36-27(4,5)6)25(34)37-28(7,8)9/h10-17H,1-9H3. The van der Waals surface area contributed by atoms with E-state index in [4.69, 9.17) is 14.2 Å². The molecule has 0 aliphatic rings. The summed E-state index contributed by atoms with van der Waals surface area (Å²) in [5.74, 6) is 0.0788. The number of fused-ring (bicyclic) bond motifs is 1. The summed E-state index contributed by atoms with van der Waals surface area (Å²) in [5.41, 5.74) is -0.966.